The molecule has 0 aromatic carbocycles. The van der Waals surface area contributed by atoms with Gasteiger partial charge in [0.15, 0.2) is 5.64 Å². The number of aliphatic imine (C=N–C) groups is 1. The maximum Gasteiger partial charge on any atom is 0.199 e. The number of nitrogens with zero attached hydrogens (tertiary/aromatic N) is 1. The lowest BCUT2D eigenvalue weighted by Gasteiger charge is -2.11. The molecule has 0 bridgehead atoms. The summed E-state index contributed by atoms with van der Waals surface area (Å²) >= 11 is 0. The Balaban J connectivity index is 1.88. The van der Waals surface area contributed by atoms with Crippen LogP contribution in [0.1, 0.15) is 51.9 Å². The van der Waals surface area contributed by atoms with Gasteiger partial charge in [0.1, 0.15) is 12.6 Å². The molecule has 1 aliphatic rings. The number of ether oxygens (including phenoxy) is 2. The van der Waals surface area contributed by atoms with Gasteiger partial charge in [0.2, 0.25) is 0 Å². The molecule has 0 spiro atoms. The van der Waals surface area contributed by atoms with E-state index in [9.17, 15) is 5.11 Å². The Bertz CT molecular complexity index is 261. The summed E-state index contributed by atoms with van der Waals surface area (Å²) < 4.78 is 10.7. The highest BCUT2D eigenvalue weighted by atomic mass is 31.0. The molecule has 0 aromatic rings. The van der Waals surface area contributed by atoms with E-state index in [1.165, 1.54) is 25.7 Å². The molecule has 3 unspecified atom stereocenters. The Kier molecular flexibility index (Phi) is 9.40. The average Bonchev–Trinajstić information content (AvgIpc) is 2.80. The van der Waals surface area contributed by atoms with Crippen molar-refractivity contribution >= 4 is 14.9 Å². The summed E-state index contributed by atoms with van der Waals surface area (Å²) in [6.07, 6.45) is 7.61. The van der Waals surface area contributed by atoms with E-state index in [2.05, 4.69) is 21.2 Å². The predicted octanol–water partition coefficient (Wildman–Crippen LogP) is 2.74. The zero-order valence-corrected chi connectivity index (χ0v) is 13.2. The van der Waals surface area contributed by atoms with Gasteiger partial charge < -0.3 is 14.6 Å². The summed E-state index contributed by atoms with van der Waals surface area (Å²) in [5.41, 5.74) is 0.667. The van der Waals surface area contributed by atoms with Crippen LogP contribution in [0.2, 0.25) is 0 Å². The van der Waals surface area contributed by atoms with Crippen LogP contribution >= 0.6 is 9.24 Å². The molecular formula is C14H28NO3P. The van der Waals surface area contributed by atoms with E-state index in [0.29, 0.717) is 25.5 Å². The Labute approximate surface area is 119 Å². The third-order valence-corrected chi connectivity index (χ3v) is 3.60. The van der Waals surface area contributed by atoms with Gasteiger partial charge in [-0.15, -0.1) is 0 Å². The molecule has 5 heteroatoms. The van der Waals surface area contributed by atoms with Crippen LogP contribution in [0.5, 0.6) is 0 Å². The standard InChI is InChI=1S/C14H28NO3P/c1-2-3-4-5-6-7-13(16)8-9-17-10-12-11-18-14(19)15-12/h12-13,16H,2-11,19H2,1H3. The number of hydrogen-bond acceptors (Lipinski definition) is 4. The third kappa shape index (κ3) is 8.56. The molecular weight excluding hydrogens is 261 g/mol. The van der Waals surface area contributed by atoms with E-state index in [-0.39, 0.29) is 12.1 Å². The van der Waals surface area contributed by atoms with Crippen molar-refractivity contribution < 1.29 is 14.6 Å². The van der Waals surface area contributed by atoms with Gasteiger partial charge in [-0.2, -0.15) is 0 Å². The Morgan fingerprint density at radius 1 is 1.37 bits per heavy atom. The highest BCUT2D eigenvalue weighted by molar-refractivity contribution is 7.39. The van der Waals surface area contributed by atoms with Gasteiger partial charge in [-0.1, -0.05) is 39.0 Å². The molecule has 1 heterocycles. The van der Waals surface area contributed by atoms with Crippen molar-refractivity contribution in [2.75, 3.05) is 19.8 Å². The van der Waals surface area contributed by atoms with Gasteiger partial charge >= 0.3 is 0 Å². The van der Waals surface area contributed by atoms with E-state index >= 15 is 0 Å². The smallest absolute Gasteiger partial charge is 0.199 e. The van der Waals surface area contributed by atoms with E-state index in [4.69, 9.17) is 9.47 Å². The number of rotatable bonds is 11. The highest BCUT2D eigenvalue weighted by Crippen LogP contribution is 2.11. The molecule has 1 N–H and O–H groups in total. The quantitative estimate of drug-likeness (QED) is 0.470. The van der Waals surface area contributed by atoms with Crippen LogP contribution in [0.4, 0.5) is 0 Å². The summed E-state index contributed by atoms with van der Waals surface area (Å²) in [5.74, 6) is 0. The van der Waals surface area contributed by atoms with Crippen molar-refractivity contribution in [1.82, 2.24) is 0 Å². The fourth-order valence-electron chi connectivity index (χ4n) is 2.09. The second-order valence-corrected chi connectivity index (χ2v) is 5.65. The van der Waals surface area contributed by atoms with Crippen LogP contribution in [0.3, 0.4) is 0 Å². The van der Waals surface area contributed by atoms with Crippen LogP contribution in [0, 0.1) is 0 Å². The molecule has 4 nitrogen and oxygen atoms in total. The largest absolute Gasteiger partial charge is 0.476 e. The number of unbranched alkanes of at least 4 members (excludes halogenated alkanes) is 4. The first-order valence-corrected chi connectivity index (χ1v) is 8.02. The summed E-state index contributed by atoms with van der Waals surface area (Å²) in [7, 11) is 2.45. The topological polar surface area (TPSA) is 51.0 Å². The lowest BCUT2D eigenvalue weighted by molar-refractivity contribution is 0.0676. The molecule has 0 aromatic heterocycles. The van der Waals surface area contributed by atoms with Gasteiger partial charge in [-0.25, -0.2) is 4.99 Å². The molecule has 19 heavy (non-hydrogen) atoms. The van der Waals surface area contributed by atoms with Crippen molar-refractivity contribution in [3.63, 3.8) is 0 Å². The minimum Gasteiger partial charge on any atom is -0.476 e. The van der Waals surface area contributed by atoms with Crippen LogP contribution in [0.25, 0.3) is 0 Å². The van der Waals surface area contributed by atoms with Gasteiger partial charge in [0.25, 0.3) is 0 Å². The van der Waals surface area contributed by atoms with Crippen molar-refractivity contribution in [1.29, 1.82) is 0 Å². The molecule has 1 rings (SSSR count). The van der Waals surface area contributed by atoms with Gasteiger partial charge in [-0.05, 0) is 22.1 Å². The van der Waals surface area contributed by atoms with Crippen LogP contribution in [0.15, 0.2) is 4.99 Å². The minimum absolute atomic E-state index is 0.124. The van der Waals surface area contributed by atoms with Crippen molar-refractivity contribution in [3.05, 3.63) is 0 Å². The highest BCUT2D eigenvalue weighted by Gasteiger charge is 2.15. The van der Waals surface area contributed by atoms with Gasteiger partial charge in [0.05, 0.1) is 12.7 Å². The lowest BCUT2D eigenvalue weighted by Crippen LogP contribution is -2.17. The first kappa shape index (κ1) is 16.9. The molecule has 0 radical (unpaired) electrons. The Hall–Kier alpha value is -0.180. The molecule has 1 aliphatic heterocycles. The van der Waals surface area contributed by atoms with E-state index in [1.807, 2.05) is 0 Å². The monoisotopic (exact) mass is 289 g/mol. The SMILES string of the molecule is CCCCCCCC(O)CCOCC1COC(P)=N1. The number of aliphatic hydroxyl groups is 1. The first-order valence-electron chi connectivity index (χ1n) is 7.44. The van der Waals surface area contributed by atoms with Crippen molar-refractivity contribution in [2.24, 2.45) is 4.99 Å². The molecule has 0 aliphatic carbocycles. The average molecular weight is 289 g/mol. The zero-order valence-electron chi connectivity index (χ0n) is 12.0. The van der Waals surface area contributed by atoms with Crippen LogP contribution in [-0.4, -0.2) is 42.7 Å². The van der Waals surface area contributed by atoms with Gasteiger partial charge in [-0.3, -0.25) is 0 Å². The summed E-state index contributed by atoms with van der Waals surface area (Å²) in [5, 5.41) is 9.80. The Morgan fingerprint density at radius 2 is 2.16 bits per heavy atom. The summed E-state index contributed by atoms with van der Waals surface area (Å²) in [4.78, 5) is 4.25. The maximum atomic E-state index is 9.80. The van der Waals surface area contributed by atoms with Crippen LogP contribution in [-0.2, 0) is 9.47 Å². The molecule has 0 saturated heterocycles. The van der Waals surface area contributed by atoms with E-state index in [1.54, 1.807) is 0 Å². The van der Waals surface area contributed by atoms with E-state index < -0.39 is 0 Å². The van der Waals surface area contributed by atoms with Gasteiger partial charge in [0, 0.05) is 6.61 Å². The fourth-order valence-corrected chi connectivity index (χ4v) is 2.40. The molecule has 0 saturated carbocycles. The third-order valence-electron chi connectivity index (χ3n) is 3.28. The Morgan fingerprint density at radius 3 is 2.84 bits per heavy atom. The number of hydrogen-bond donors (Lipinski definition) is 1. The minimum atomic E-state index is -0.220. The summed E-state index contributed by atoms with van der Waals surface area (Å²) in [6, 6.07) is 0.124. The lowest BCUT2D eigenvalue weighted by atomic mass is 10.1. The second-order valence-electron chi connectivity index (χ2n) is 5.15. The number of aliphatic hydroxyl groups excluding tert-OH is 1. The molecule has 3 atom stereocenters. The molecule has 0 fully saturated rings. The zero-order chi connectivity index (χ0) is 13.9. The predicted molar refractivity (Wildman–Crippen MR) is 81.7 cm³/mol. The fraction of sp³-hybridized carbons (Fsp3) is 0.929. The van der Waals surface area contributed by atoms with E-state index in [0.717, 1.165) is 19.3 Å². The molecule has 0 amide bonds. The van der Waals surface area contributed by atoms with Crippen molar-refractivity contribution in [2.45, 2.75) is 64.0 Å². The summed E-state index contributed by atoms with van der Waals surface area (Å²) in [6.45, 7) is 4.01. The van der Waals surface area contributed by atoms with Crippen molar-refractivity contribution in [3.8, 4) is 0 Å². The van der Waals surface area contributed by atoms with Crippen LogP contribution < -0.4 is 0 Å². The molecule has 112 valence electrons. The first-order chi connectivity index (χ1) is 9.22. The maximum absolute atomic E-state index is 9.80. The second kappa shape index (κ2) is 10.6. The normalized spacial score (nSPS) is 20.2.